The van der Waals surface area contributed by atoms with Gasteiger partial charge in [0, 0.05) is 99.8 Å². The highest BCUT2D eigenvalue weighted by molar-refractivity contribution is 6.19. The Balaban J connectivity index is 1.46. The van der Waals surface area contributed by atoms with Crippen LogP contribution in [0.5, 0.6) is 17.2 Å². The molecule has 2 aromatic carbocycles. The molecule has 2 aromatic rings. The lowest BCUT2D eigenvalue weighted by molar-refractivity contribution is -0.162. The predicted octanol–water partition coefficient (Wildman–Crippen LogP) is 4.12. The van der Waals surface area contributed by atoms with Crippen LogP contribution in [0.25, 0.3) is 10.8 Å². The molecular weight excluding hydrogens is 875 g/mol. The molecule has 4 heterocycles. The molecule has 1 spiro atoms. The zero-order valence-electron chi connectivity index (χ0n) is 41.0. The van der Waals surface area contributed by atoms with E-state index in [1.807, 2.05) is 19.9 Å². The van der Waals surface area contributed by atoms with Gasteiger partial charge in [-0.2, -0.15) is 0 Å². The minimum Gasteiger partial charge on any atom is -0.507 e. The number of hydrazine groups is 1. The number of benzene rings is 2. The maximum absolute atomic E-state index is 14.9. The number of methoxy groups -OCH3 is 1. The number of aliphatic hydroxyl groups excluding tert-OH is 2. The summed E-state index contributed by atoms with van der Waals surface area (Å²) in [6.45, 7) is 18.2. The number of nitrogens with one attached hydrogen (secondary N) is 1. The number of fused-ring (bicyclic) bond motifs is 1. The lowest BCUT2D eigenvalue weighted by Gasteiger charge is -2.37. The Labute approximate surface area is 398 Å². The van der Waals surface area contributed by atoms with Gasteiger partial charge in [-0.15, -0.1) is 0 Å². The Bertz CT molecular complexity index is 2510. The molecule has 4 aliphatic rings. The molecule has 2 unspecified atom stereocenters. The molecular formula is C50H71N7O11. The number of ketones is 1. The van der Waals surface area contributed by atoms with E-state index in [0.29, 0.717) is 43.8 Å². The molecule has 6 rings (SSSR count). The summed E-state index contributed by atoms with van der Waals surface area (Å²) in [6.07, 6.45) is 8.54. The number of likely N-dealkylation sites (tertiary alicyclic amines) is 1. The molecule has 18 nitrogen and oxygen atoms in total. The van der Waals surface area contributed by atoms with Gasteiger partial charge in [0.1, 0.15) is 35.2 Å². The van der Waals surface area contributed by atoms with Gasteiger partial charge in [-0.05, 0) is 44.1 Å². The first kappa shape index (κ1) is 51.9. The van der Waals surface area contributed by atoms with Gasteiger partial charge in [0.05, 0.1) is 34.8 Å². The third-order valence-electron chi connectivity index (χ3n) is 13.6. The first-order chi connectivity index (χ1) is 32.0. The molecule has 372 valence electrons. The Morgan fingerprint density at radius 2 is 1.74 bits per heavy atom. The maximum Gasteiger partial charge on any atom is 0.327 e. The van der Waals surface area contributed by atoms with Crippen molar-refractivity contribution < 1.29 is 53.8 Å². The zero-order valence-corrected chi connectivity index (χ0v) is 41.0. The summed E-state index contributed by atoms with van der Waals surface area (Å²) in [4.78, 5) is 55.1. The van der Waals surface area contributed by atoms with E-state index in [-0.39, 0.29) is 86.9 Å². The average molecular weight is 946 g/mol. The predicted molar refractivity (Wildman–Crippen MR) is 256 cm³/mol. The van der Waals surface area contributed by atoms with Crippen molar-refractivity contribution in [1.82, 2.24) is 9.91 Å². The number of Topliss-reactive ketones (excluding diaryl/α,β-unsaturated/α-hetero) is 1. The number of allylic oxidation sites excluding steroid dienone is 3. The number of hydrogen-bond donors (Lipinski definition) is 7. The SMILES string of the molecule is CO[C@H]1/C=C/O[C@@]2(C)Oc3c(C)c(O)c4c(O)c(c5c(c4c3C2=O)=NC2(CCN(CC(C)C)CC2)N=5)NC(=O)/C(C)=C\C=C\C(C)C[C@@H](C)[C@@H](O)[C@@H](C)C(OC(=O)CN(N)/C=C(\N)CCO)[C@@H]1C. The van der Waals surface area contributed by atoms with E-state index < -0.39 is 65.0 Å². The summed E-state index contributed by atoms with van der Waals surface area (Å²) in [5, 5.41) is 49.6. The van der Waals surface area contributed by atoms with Gasteiger partial charge in [0.25, 0.3) is 11.7 Å². The Morgan fingerprint density at radius 1 is 1.06 bits per heavy atom. The van der Waals surface area contributed by atoms with Crippen LogP contribution in [0, 0.1) is 36.5 Å². The van der Waals surface area contributed by atoms with Gasteiger partial charge in [-0.25, -0.2) is 5.84 Å². The standard InChI is InChI=1S/C50H71N7O11/c1-26(2)23-56-18-16-50(17-19-56)54-39-36-37-43(61)32(8)46-38(36)47(63)49(9,68-46)66-21-15-34(65-10)30(6)45(67-35(59)25-57(52)24-33(51)14-20-58)31(7)42(60)29(5)22-27(3)12-11-13-28(4)48(64)53-41(44(37)62)40(39)55-50/h11-13,15,21,24,26-27,29-31,34,42,45,58,60-62H,14,16-20,22-23,25,51-52H2,1-10H3,(H,53,64)/b12-11+,21-15+,28-13-,33-24-/t27?,29-,30-,31-,34+,42-,45?,49+/m1/s1. The first-order valence-electron chi connectivity index (χ1n) is 23.5. The van der Waals surface area contributed by atoms with Crippen LogP contribution in [0.4, 0.5) is 5.69 Å². The van der Waals surface area contributed by atoms with Crippen molar-refractivity contribution in [2.75, 3.05) is 45.2 Å². The van der Waals surface area contributed by atoms with Crippen molar-refractivity contribution in [1.29, 1.82) is 0 Å². The van der Waals surface area contributed by atoms with Crippen LogP contribution in [0.1, 0.15) is 97.0 Å². The minimum absolute atomic E-state index is 0.0242. The summed E-state index contributed by atoms with van der Waals surface area (Å²) in [6, 6.07) is 0. The summed E-state index contributed by atoms with van der Waals surface area (Å²) in [7, 11) is 1.47. The number of carbonyl (C=O) groups excluding carboxylic acids is 3. The van der Waals surface area contributed by atoms with E-state index >= 15 is 0 Å². The number of amides is 1. The second kappa shape index (κ2) is 21.0. The molecule has 9 N–H and O–H groups in total. The summed E-state index contributed by atoms with van der Waals surface area (Å²) in [5.41, 5.74) is 5.65. The summed E-state index contributed by atoms with van der Waals surface area (Å²) in [5.74, 6) is 0.221. The fraction of sp³-hybridized carbons (Fsp3) is 0.580. The molecule has 0 aliphatic carbocycles. The number of aromatic hydroxyl groups is 2. The highest BCUT2D eigenvalue weighted by atomic mass is 16.7. The minimum atomic E-state index is -1.99. The molecule has 1 saturated heterocycles. The Kier molecular flexibility index (Phi) is 16.0. The molecule has 4 bridgehead atoms. The third kappa shape index (κ3) is 10.7. The molecule has 1 amide bonds. The number of nitrogens with two attached hydrogens (primary N) is 2. The number of ether oxygens (including phenoxy) is 4. The van der Waals surface area contributed by atoms with E-state index in [2.05, 4.69) is 24.1 Å². The fourth-order valence-corrected chi connectivity index (χ4v) is 9.86. The van der Waals surface area contributed by atoms with E-state index in [0.717, 1.165) is 11.6 Å². The number of nitrogens with zero attached hydrogens (tertiary/aromatic N) is 4. The van der Waals surface area contributed by atoms with Gasteiger partial charge < -0.3 is 60.3 Å². The molecule has 0 radical (unpaired) electrons. The van der Waals surface area contributed by atoms with Crippen LogP contribution < -0.4 is 32.3 Å². The number of carbonyl (C=O) groups is 3. The molecule has 4 aliphatic heterocycles. The van der Waals surface area contributed by atoms with Gasteiger partial charge in [0.2, 0.25) is 0 Å². The molecule has 68 heavy (non-hydrogen) atoms. The third-order valence-corrected chi connectivity index (χ3v) is 13.6. The highest BCUT2D eigenvalue weighted by Gasteiger charge is 2.50. The number of anilines is 1. The second-order valence-corrected chi connectivity index (χ2v) is 19.7. The van der Waals surface area contributed by atoms with Crippen LogP contribution in [0.2, 0.25) is 0 Å². The lowest BCUT2D eigenvalue weighted by atomic mass is 9.79. The van der Waals surface area contributed by atoms with Crippen LogP contribution in [0.3, 0.4) is 0 Å². The monoisotopic (exact) mass is 946 g/mol. The maximum atomic E-state index is 14.9. The summed E-state index contributed by atoms with van der Waals surface area (Å²) >= 11 is 0. The lowest BCUT2D eigenvalue weighted by Crippen LogP contribution is -2.46. The number of piperidine rings is 1. The second-order valence-electron chi connectivity index (χ2n) is 19.7. The molecule has 0 saturated carbocycles. The zero-order chi connectivity index (χ0) is 50.0. The van der Waals surface area contributed by atoms with E-state index in [1.54, 1.807) is 45.9 Å². The van der Waals surface area contributed by atoms with E-state index in [9.17, 15) is 34.8 Å². The topological polar surface area (TPSA) is 264 Å². The number of aliphatic hydroxyl groups is 2. The van der Waals surface area contributed by atoms with Crippen molar-refractivity contribution in [2.45, 2.75) is 118 Å². The number of rotatable bonds is 9. The number of phenols is 2. The Hall–Kier alpha value is -5.53. The first-order valence-corrected chi connectivity index (χ1v) is 23.5. The quantitative estimate of drug-likeness (QED) is 0.0807. The van der Waals surface area contributed by atoms with Crippen LogP contribution >= 0.6 is 0 Å². The normalized spacial score (nSPS) is 29.6. The smallest absolute Gasteiger partial charge is 0.327 e. The van der Waals surface area contributed by atoms with Gasteiger partial charge in [-0.3, -0.25) is 24.4 Å². The molecule has 1 fully saturated rings. The van der Waals surface area contributed by atoms with Gasteiger partial charge in [-0.1, -0.05) is 59.8 Å². The largest absolute Gasteiger partial charge is 0.507 e. The molecule has 0 aromatic heterocycles. The number of hydrogen-bond acceptors (Lipinski definition) is 17. The van der Waals surface area contributed by atoms with Crippen molar-refractivity contribution in [2.24, 2.45) is 51.2 Å². The fourth-order valence-electron chi connectivity index (χ4n) is 9.86. The average Bonchev–Trinajstić information content (AvgIpc) is 3.77. The van der Waals surface area contributed by atoms with Crippen molar-refractivity contribution >= 4 is 34.1 Å². The molecule has 8 atom stereocenters. The number of esters is 1. The van der Waals surface area contributed by atoms with Crippen molar-refractivity contribution in [3.8, 4) is 17.2 Å². The Morgan fingerprint density at radius 3 is 2.38 bits per heavy atom. The van der Waals surface area contributed by atoms with Crippen LogP contribution in [-0.2, 0) is 23.8 Å². The molecule has 18 heteroatoms. The number of phenolic OH excluding ortho intramolecular Hbond substituents is 2. The van der Waals surface area contributed by atoms with E-state index in [1.165, 1.54) is 26.5 Å². The van der Waals surface area contributed by atoms with Gasteiger partial charge >= 0.3 is 11.8 Å². The highest BCUT2D eigenvalue weighted by Crippen LogP contribution is 2.50. The van der Waals surface area contributed by atoms with Crippen molar-refractivity contribution in [3.05, 3.63) is 69.9 Å². The van der Waals surface area contributed by atoms with Crippen LogP contribution in [-0.4, -0.2) is 118 Å². The van der Waals surface area contributed by atoms with Crippen molar-refractivity contribution in [3.63, 3.8) is 0 Å². The van der Waals surface area contributed by atoms with E-state index in [4.69, 9.17) is 40.5 Å². The summed E-state index contributed by atoms with van der Waals surface area (Å²) < 4.78 is 24.5. The van der Waals surface area contributed by atoms with Gasteiger partial charge in [0.15, 0.2) is 11.4 Å². The van der Waals surface area contributed by atoms with Crippen LogP contribution in [0.15, 0.2) is 58.0 Å².